The van der Waals surface area contributed by atoms with Gasteiger partial charge in [0.1, 0.15) is 0 Å². The maximum absolute atomic E-state index is 6.30. The van der Waals surface area contributed by atoms with E-state index >= 15 is 0 Å². The van der Waals surface area contributed by atoms with E-state index in [2.05, 4.69) is 29.3 Å². The fourth-order valence-corrected chi connectivity index (χ4v) is 3.48. The van der Waals surface area contributed by atoms with Crippen molar-refractivity contribution in [2.24, 2.45) is 5.73 Å². The van der Waals surface area contributed by atoms with Crippen molar-refractivity contribution in [3.63, 3.8) is 0 Å². The molecule has 0 radical (unpaired) electrons. The van der Waals surface area contributed by atoms with Gasteiger partial charge in [0.2, 0.25) is 0 Å². The van der Waals surface area contributed by atoms with E-state index in [-0.39, 0.29) is 6.04 Å². The van der Waals surface area contributed by atoms with Gasteiger partial charge in [-0.1, -0.05) is 13.0 Å². The van der Waals surface area contributed by atoms with Gasteiger partial charge in [0.05, 0.1) is 12.1 Å². The summed E-state index contributed by atoms with van der Waals surface area (Å²) in [7, 11) is 1.80. The number of hydrogen-bond donors (Lipinski definition) is 1. The fourth-order valence-electron chi connectivity index (χ4n) is 2.54. The monoisotopic (exact) mass is 254 g/mol. The van der Waals surface area contributed by atoms with E-state index in [1.165, 1.54) is 4.88 Å². The summed E-state index contributed by atoms with van der Waals surface area (Å²) in [5.41, 5.74) is 6.30. The van der Waals surface area contributed by atoms with E-state index in [0.717, 1.165) is 25.9 Å². The first kappa shape index (κ1) is 13.0. The highest BCUT2D eigenvalue weighted by molar-refractivity contribution is 7.10. The Hall–Kier alpha value is -0.420. The first-order chi connectivity index (χ1) is 8.26. The summed E-state index contributed by atoms with van der Waals surface area (Å²) in [5.74, 6) is 0. The Morgan fingerprint density at radius 2 is 2.47 bits per heavy atom. The van der Waals surface area contributed by atoms with Gasteiger partial charge in [-0.3, -0.25) is 4.90 Å². The van der Waals surface area contributed by atoms with Crippen LogP contribution in [0, 0.1) is 0 Å². The lowest BCUT2D eigenvalue weighted by atomic mass is 10.0. The average molecular weight is 254 g/mol. The van der Waals surface area contributed by atoms with Crippen LogP contribution >= 0.6 is 11.3 Å². The number of likely N-dealkylation sites (tertiary alicyclic amines) is 1. The first-order valence-corrected chi connectivity index (χ1v) is 7.20. The molecule has 0 saturated carbocycles. The van der Waals surface area contributed by atoms with Crippen LogP contribution in [0.5, 0.6) is 0 Å². The zero-order chi connectivity index (χ0) is 12.3. The maximum Gasteiger partial charge on any atom is 0.0710 e. The number of ether oxygens (including phenoxy) is 1. The molecule has 1 aliphatic rings. The largest absolute Gasteiger partial charge is 0.380 e. The van der Waals surface area contributed by atoms with Crippen molar-refractivity contribution in [1.29, 1.82) is 0 Å². The molecule has 2 rings (SSSR count). The van der Waals surface area contributed by atoms with Gasteiger partial charge in [0.15, 0.2) is 0 Å². The molecule has 2 heterocycles. The Morgan fingerprint density at radius 3 is 3.00 bits per heavy atom. The molecule has 3 nitrogen and oxygen atoms in total. The molecule has 1 fully saturated rings. The minimum absolute atomic E-state index is 0.212. The van der Waals surface area contributed by atoms with Gasteiger partial charge in [-0.15, -0.1) is 11.3 Å². The van der Waals surface area contributed by atoms with Crippen molar-refractivity contribution in [3.05, 3.63) is 22.4 Å². The number of thiophene rings is 1. The molecule has 17 heavy (non-hydrogen) atoms. The molecule has 1 saturated heterocycles. The van der Waals surface area contributed by atoms with Crippen LogP contribution in [0.25, 0.3) is 0 Å². The minimum Gasteiger partial charge on any atom is -0.380 e. The van der Waals surface area contributed by atoms with E-state index < -0.39 is 0 Å². The van der Waals surface area contributed by atoms with Gasteiger partial charge in [0.25, 0.3) is 0 Å². The van der Waals surface area contributed by atoms with Crippen molar-refractivity contribution in [1.82, 2.24) is 4.90 Å². The first-order valence-electron chi connectivity index (χ1n) is 6.32. The van der Waals surface area contributed by atoms with Crippen molar-refractivity contribution in [2.45, 2.75) is 38.0 Å². The Labute approximate surface area is 108 Å². The van der Waals surface area contributed by atoms with Crippen LogP contribution in [-0.2, 0) is 4.74 Å². The number of nitrogens with zero attached hydrogens (tertiary/aromatic N) is 1. The van der Waals surface area contributed by atoms with Crippen molar-refractivity contribution >= 4 is 11.3 Å². The van der Waals surface area contributed by atoms with E-state index in [9.17, 15) is 0 Å². The van der Waals surface area contributed by atoms with Crippen molar-refractivity contribution in [2.75, 3.05) is 20.2 Å². The van der Waals surface area contributed by atoms with Crippen LogP contribution in [-0.4, -0.2) is 37.2 Å². The lowest BCUT2D eigenvalue weighted by Gasteiger charge is -2.31. The quantitative estimate of drug-likeness (QED) is 0.876. The van der Waals surface area contributed by atoms with Crippen LogP contribution in [0.1, 0.15) is 30.7 Å². The molecule has 4 heteroatoms. The van der Waals surface area contributed by atoms with Crippen LogP contribution in [0.4, 0.5) is 0 Å². The normalized spacial score (nSPS) is 25.0. The summed E-state index contributed by atoms with van der Waals surface area (Å²) in [6, 6.07) is 4.88. The average Bonchev–Trinajstić information content (AvgIpc) is 3.00. The second kappa shape index (κ2) is 5.96. The van der Waals surface area contributed by atoms with Crippen molar-refractivity contribution in [3.8, 4) is 0 Å². The molecule has 0 aromatic carbocycles. The molecule has 1 aromatic heterocycles. The topological polar surface area (TPSA) is 38.5 Å². The van der Waals surface area contributed by atoms with Crippen LogP contribution in [0.15, 0.2) is 17.5 Å². The fraction of sp³-hybridized carbons (Fsp3) is 0.692. The maximum atomic E-state index is 6.30. The van der Waals surface area contributed by atoms with Crippen LogP contribution in [0.3, 0.4) is 0 Å². The summed E-state index contributed by atoms with van der Waals surface area (Å²) < 4.78 is 5.44. The SMILES string of the molecule is CCC(N)C(c1cccs1)N1CCC(OC)C1. The van der Waals surface area contributed by atoms with Gasteiger partial charge in [0, 0.05) is 31.1 Å². The molecule has 3 atom stereocenters. The van der Waals surface area contributed by atoms with Gasteiger partial charge in [-0.25, -0.2) is 0 Å². The van der Waals surface area contributed by atoms with E-state index in [1.54, 1.807) is 7.11 Å². The summed E-state index contributed by atoms with van der Waals surface area (Å²) in [5, 5.41) is 2.13. The molecule has 3 unspecified atom stereocenters. The van der Waals surface area contributed by atoms with E-state index in [1.807, 2.05) is 11.3 Å². The van der Waals surface area contributed by atoms with Gasteiger partial charge >= 0.3 is 0 Å². The molecule has 0 bridgehead atoms. The zero-order valence-electron chi connectivity index (χ0n) is 10.6. The molecule has 0 aliphatic carbocycles. The second-order valence-electron chi connectivity index (χ2n) is 4.67. The molecule has 1 aromatic rings. The zero-order valence-corrected chi connectivity index (χ0v) is 11.5. The molecule has 1 aliphatic heterocycles. The highest BCUT2D eigenvalue weighted by Crippen LogP contribution is 2.31. The third kappa shape index (κ3) is 2.88. The number of nitrogens with two attached hydrogens (primary N) is 1. The number of rotatable bonds is 5. The predicted molar refractivity (Wildman–Crippen MR) is 72.3 cm³/mol. The minimum atomic E-state index is 0.212. The molecule has 2 N–H and O–H groups in total. The lowest BCUT2D eigenvalue weighted by Crippen LogP contribution is -2.39. The number of hydrogen-bond acceptors (Lipinski definition) is 4. The van der Waals surface area contributed by atoms with E-state index in [0.29, 0.717) is 12.1 Å². The number of methoxy groups -OCH3 is 1. The second-order valence-corrected chi connectivity index (χ2v) is 5.65. The summed E-state index contributed by atoms with van der Waals surface area (Å²) >= 11 is 1.81. The lowest BCUT2D eigenvalue weighted by molar-refractivity contribution is 0.0976. The van der Waals surface area contributed by atoms with Crippen LogP contribution < -0.4 is 5.73 Å². The van der Waals surface area contributed by atoms with Gasteiger partial charge in [-0.2, -0.15) is 0 Å². The van der Waals surface area contributed by atoms with Crippen LogP contribution in [0.2, 0.25) is 0 Å². The molecule has 0 amide bonds. The highest BCUT2D eigenvalue weighted by Gasteiger charge is 2.32. The molecular weight excluding hydrogens is 232 g/mol. The van der Waals surface area contributed by atoms with Crippen molar-refractivity contribution < 1.29 is 4.74 Å². The third-order valence-corrected chi connectivity index (χ3v) is 4.56. The Balaban J connectivity index is 2.11. The third-order valence-electron chi connectivity index (χ3n) is 3.61. The van der Waals surface area contributed by atoms with E-state index in [4.69, 9.17) is 10.5 Å². The Kier molecular flexibility index (Phi) is 4.56. The summed E-state index contributed by atoms with van der Waals surface area (Å²) in [6.07, 6.45) is 2.51. The van der Waals surface area contributed by atoms with Gasteiger partial charge < -0.3 is 10.5 Å². The Morgan fingerprint density at radius 1 is 1.65 bits per heavy atom. The van der Waals surface area contributed by atoms with Gasteiger partial charge in [-0.05, 0) is 24.3 Å². The molecule has 96 valence electrons. The Bertz CT molecular complexity index is 328. The smallest absolute Gasteiger partial charge is 0.0710 e. The summed E-state index contributed by atoms with van der Waals surface area (Å²) in [4.78, 5) is 3.87. The standard InChI is InChI=1S/C13H22N2OS/c1-3-11(14)13(12-5-4-8-17-12)15-7-6-10(9-15)16-2/h4-5,8,10-11,13H,3,6-7,9,14H2,1-2H3. The molecular formula is C13H22N2OS. The predicted octanol–water partition coefficient (Wildman–Crippen LogP) is 2.25. The summed E-state index contributed by atoms with van der Waals surface area (Å²) in [6.45, 7) is 4.26. The molecule has 0 spiro atoms. The highest BCUT2D eigenvalue weighted by atomic mass is 32.1.